The molecule has 5 heteroatoms. The highest BCUT2D eigenvalue weighted by molar-refractivity contribution is 6.13. The molecule has 0 spiro atoms. The average molecular weight is 336 g/mol. The van der Waals surface area contributed by atoms with Crippen LogP contribution < -0.4 is 10.1 Å². The van der Waals surface area contributed by atoms with Gasteiger partial charge in [-0.05, 0) is 30.7 Å². The zero-order valence-electron chi connectivity index (χ0n) is 14.5. The van der Waals surface area contributed by atoms with Gasteiger partial charge in [0.1, 0.15) is 11.5 Å². The molecule has 0 radical (unpaired) electrons. The lowest BCUT2D eigenvalue weighted by atomic mass is 10.1. The molecule has 0 aliphatic rings. The van der Waals surface area contributed by atoms with Crippen LogP contribution >= 0.6 is 0 Å². The lowest BCUT2D eigenvalue weighted by Gasteiger charge is -2.11. The quantitative estimate of drug-likeness (QED) is 0.775. The van der Waals surface area contributed by atoms with Crippen LogP contribution in [0.25, 0.3) is 10.9 Å². The number of aryl methyl sites for hydroxylation is 1. The van der Waals surface area contributed by atoms with E-state index in [2.05, 4.69) is 5.32 Å². The van der Waals surface area contributed by atoms with Crippen molar-refractivity contribution in [3.8, 4) is 5.75 Å². The maximum absolute atomic E-state index is 12.7. The molecular weight excluding hydrogens is 316 g/mol. The molecule has 3 rings (SSSR count). The largest absolute Gasteiger partial charge is 0.495 e. The Labute approximate surface area is 146 Å². The first-order chi connectivity index (χ1) is 12.0. The van der Waals surface area contributed by atoms with Crippen molar-refractivity contribution >= 4 is 28.3 Å². The van der Waals surface area contributed by atoms with Crippen LogP contribution in [-0.2, 0) is 18.3 Å². The predicted molar refractivity (Wildman–Crippen MR) is 98.3 cm³/mol. The minimum Gasteiger partial charge on any atom is -0.495 e. The van der Waals surface area contributed by atoms with Gasteiger partial charge >= 0.3 is 0 Å². The fourth-order valence-corrected chi connectivity index (χ4v) is 2.95. The van der Waals surface area contributed by atoms with Crippen LogP contribution in [0.15, 0.2) is 48.7 Å². The average Bonchev–Trinajstić information content (AvgIpc) is 2.93. The molecule has 0 aliphatic carbocycles. The summed E-state index contributed by atoms with van der Waals surface area (Å²) in [5.74, 6) is 0.413. The first-order valence-electron chi connectivity index (χ1n) is 8.01. The van der Waals surface area contributed by atoms with Crippen LogP contribution in [0.1, 0.15) is 22.8 Å². The standard InChI is InChI=1S/C20H20N2O3/c1-13(23)10-14-8-9-17(19(11-14)25-3)21-20(24)16-12-22(2)18-7-5-4-6-15(16)18/h4-9,11-12H,10H2,1-3H3,(H,21,24). The summed E-state index contributed by atoms with van der Waals surface area (Å²) in [5.41, 5.74) is 3.03. The zero-order chi connectivity index (χ0) is 18.0. The molecule has 0 saturated heterocycles. The maximum Gasteiger partial charge on any atom is 0.257 e. The van der Waals surface area contributed by atoms with Gasteiger partial charge in [0.05, 0.1) is 18.4 Å². The first-order valence-corrected chi connectivity index (χ1v) is 8.01. The number of methoxy groups -OCH3 is 1. The Hall–Kier alpha value is -3.08. The highest BCUT2D eigenvalue weighted by atomic mass is 16.5. The Bertz CT molecular complexity index is 957. The number of anilines is 1. The van der Waals surface area contributed by atoms with Gasteiger partial charge in [-0.25, -0.2) is 0 Å². The number of hydrogen-bond donors (Lipinski definition) is 1. The maximum atomic E-state index is 12.7. The molecule has 0 aliphatic heterocycles. The number of nitrogens with zero attached hydrogens (tertiary/aromatic N) is 1. The third-order valence-corrected chi connectivity index (χ3v) is 4.11. The second-order valence-electron chi connectivity index (χ2n) is 6.04. The topological polar surface area (TPSA) is 60.3 Å². The molecule has 0 atom stereocenters. The third kappa shape index (κ3) is 3.40. The highest BCUT2D eigenvalue weighted by Crippen LogP contribution is 2.28. The Morgan fingerprint density at radius 1 is 1.16 bits per heavy atom. The van der Waals surface area contributed by atoms with E-state index in [0.717, 1.165) is 16.5 Å². The molecule has 0 fully saturated rings. The molecule has 5 nitrogen and oxygen atoms in total. The number of benzene rings is 2. The van der Waals surface area contributed by atoms with Crippen molar-refractivity contribution < 1.29 is 14.3 Å². The summed E-state index contributed by atoms with van der Waals surface area (Å²) < 4.78 is 7.29. The van der Waals surface area contributed by atoms with Crippen LogP contribution in [0.3, 0.4) is 0 Å². The number of nitrogens with one attached hydrogen (secondary N) is 1. The van der Waals surface area contributed by atoms with Gasteiger partial charge in [0.15, 0.2) is 0 Å². The predicted octanol–water partition coefficient (Wildman–Crippen LogP) is 3.57. The highest BCUT2D eigenvalue weighted by Gasteiger charge is 2.16. The molecule has 2 aromatic carbocycles. The van der Waals surface area contributed by atoms with Crippen LogP contribution in [0.2, 0.25) is 0 Å². The van der Waals surface area contributed by atoms with Gasteiger partial charge in [0.2, 0.25) is 0 Å². The number of Topliss-reactive ketones (excluding diaryl/α,β-unsaturated/α-hetero) is 1. The summed E-state index contributed by atoms with van der Waals surface area (Å²) in [6.45, 7) is 1.54. The SMILES string of the molecule is COc1cc(CC(C)=O)ccc1NC(=O)c1cn(C)c2ccccc12. The zero-order valence-corrected chi connectivity index (χ0v) is 14.5. The lowest BCUT2D eigenvalue weighted by molar-refractivity contribution is -0.116. The Morgan fingerprint density at radius 2 is 1.92 bits per heavy atom. The van der Waals surface area contributed by atoms with E-state index in [-0.39, 0.29) is 11.7 Å². The summed E-state index contributed by atoms with van der Waals surface area (Å²) in [6, 6.07) is 13.1. The van der Waals surface area contributed by atoms with Crippen molar-refractivity contribution in [2.75, 3.05) is 12.4 Å². The molecule has 0 saturated carbocycles. The Morgan fingerprint density at radius 3 is 2.64 bits per heavy atom. The second-order valence-corrected chi connectivity index (χ2v) is 6.04. The Kier molecular flexibility index (Phi) is 4.57. The molecule has 25 heavy (non-hydrogen) atoms. The molecule has 0 bridgehead atoms. The van der Waals surface area contributed by atoms with Gasteiger partial charge in [-0.1, -0.05) is 24.3 Å². The number of aromatic nitrogens is 1. The van der Waals surface area contributed by atoms with Crippen LogP contribution in [-0.4, -0.2) is 23.4 Å². The van der Waals surface area contributed by atoms with Crippen molar-refractivity contribution in [1.29, 1.82) is 0 Å². The van der Waals surface area contributed by atoms with Gasteiger partial charge in [-0.15, -0.1) is 0 Å². The molecule has 1 N–H and O–H groups in total. The lowest BCUT2D eigenvalue weighted by Crippen LogP contribution is -2.12. The van der Waals surface area contributed by atoms with Gasteiger partial charge < -0.3 is 14.6 Å². The number of carbonyl (C=O) groups is 2. The van der Waals surface area contributed by atoms with E-state index in [4.69, 9.17) is 4.74 Å². The normalized spacial score (nSPS) is 10.7. The van der Waals surface area contributed by atoms with E-state index in [1.54, 1.807) is 26.2 Å². The van der Waals surface area contributed by atoms with Crippen molar-refractivity contribution in [2.24, 2.45) is 7.05 Å². The van der Waals surface area contributed by atoms with E-state index in [1.165, 1.54) is 0 Å². The fraction of sp³-hybridized carbons (Fsp3) is 0.200. The van der Waals surface area contributed by atoms with E-state index in [0.29, 0.717) is 23.4 Å². The molecular formula is C20H20N2O3. The summed E-state index contributed by atoms with van der Waals surface area (Å²) in [4.78, 5) is 24.0. The summed E-state index contributed by atoms with van der Waals surface area (Å²) in [5, 5.41) is 3.80. The molecule has 3 aromatic rings. The van der Waals surface area contributed by atoms with Crippen molar-refractivity contribution in [1.82, 2.24) is 4.57 Å². The van der Waals surface area contributed by atoms with Crippen molar-refractivity contribution in [2.45, 2.75) is 13.3 Å². The summed E-state index contributed by atoms with van der Waals surface area (Å²) in [7, 11) is 3.46. The third-order valence-electron chi connectivity index (χ3n) is 4.11. The van der Waals surface area contributed by atoms with Gasteiger partial charge in [-0.2, -0.15) is 0 Å². The summed E-state index contributed by atoms with van der Waals surface area (Å²) in [6.07, 6.45) is 2.16. The number of ketones is 1. The number of fused-ring (bicyclic) bond motifs is 1. The van der Waals surface area contributed by atoms with Crippen LogP contribution in [0.4, 0.5) is 5.69 Å². The van der Waals surface area contributed by atoms with Crippen LogP contribution in [0, 0.1) is 0 Å². The van der Waals surface area contributed by atoms with E-state index in [9.17, 15) is 9.59 Å². The monoisotopic (exact) mass is 336 g/mol. The van der Waals surface area contributed by atoms with Gasteiger partial charge in [0, 0.05) is 30.6 Å². The molecule has 1 amide bonds. The Balaban J connectivity index is 1.91. The van der Waals surface area contributed by atoms with E-state index >= 15 is 0 Å². The van der Waals surface area contributed by atoms with Crippen molar-refractivity contribution in [3.63, 3.8) is 0 Å². The minimum absolute atomic E-state index is 0.0783. The van der Waals surface area contributed by atoms with Crippen molar-refractivity contribution in [3.05, 3.63) is 59.8 Å². The molecule has 1 aromatic heterocycles. The minimum atomic E-state index is -0.200. The number of hydrogen-bond acceptors (Lipinski definition) is 3. The van der Waals surface area contributed by atoms with Gasteiger partial charge in [-0.3, -0.25) is 9.59 Å². The van der Waals surface area contributed by atoms with E-state index < -0.39 is 0 Å². The smallest absolute Gasteiger partial charge is 0.257 e. The number of carbonyl (C=O) groups excluding carboxylic acids is 2. The second kappa shape index (κ2) is 6.81. The number of rotatable bonds is 5. The fourth-order valence-electron chi connectivity index (χ4n) is 2.95. The first kappa shape index (κ1) is 16.8. The van der Waals surface area contributed by atoms with Crippen LogP contribution in [0.5, 0.6) is 5.75 Å². The number of ether oxygens (including phenoxy) is 1. The molecule has 0 unspecified atom stereocenters. The van der Waals surface area contributed by atoms with E-state index in [1.807, 2.05) is 48.1 Å². The molecule has 128 valence electrons. The number of para-hydroxylation sites is 1. The summed E-state index contributed by atoms with van der Waals surface area (Å²) >= 11 is 0. The number of amides is 1. The van der Waals surface area contributed by atoms with Gasteiger partial charge in [0.25, 0.3) is 5.91 Å². The molecule has 1 heterocycles.